The first-order chi connectivity index (χ1) is 12.0. The first-order valence-electron chi connectivity index (χ1n) is 8.48. The van der Waals surface area contributed by atoms with Crippen LogP contribution >= 0.6 is 0 Å². The van der Waals surface area contributed by atoms with E-state index in [9.17, 15) is 10.1 Å². The Bertz CT molecular complexity index is 828. The van der Waals surface area contributed by atoms with Gasteiger partial charge in [-0.2, -0.15) is 5.26 Å². The molecule has 1 fully saturated rings. The largest absolute Gasteiger partial charge is 0.365 e. The fourth-order valence-corrected chi connectivity index (χ4v) is 3.19. The Hall–Kier alpha value is -2.65. The molecular formula is C19H22N4O2. The maximum atomic E-state index is 12.4. The van der Waals surface area contributed by atoms with Crippen LogP contribution in [0.3, 0.4) is 0 Å². The lowest BCUT2D eigenvalue weighted by Crippen LogP contribution is -2.53. The number of hydrogen-bond donors (Lipinski definition) is 1. The molecule has 0 aliphatic carbocycles. The summed E-state index contributed by atoms with van der Waals surface area (Å²) >= 11 is 0. The zero-order valence-electron chi connectivity index (χ0n) is 14.7. The summed E-state index contributed by atoms with van der Waals surface area (Å²) in [4.78, 5) is 18.9. The summed E-state index contributed by atoms with van der Waals surface area (Å²) in [5, 5.41) is 13.1. The molecule has 1 aliphatic heterocycles. The third-order valence-electron chi connectivity index (χ3n) is 4.19. The van der Waals surface area contributed by atoms with Crippen LogP contribution in [0, 0.1) is 11.3 Å². The molecule has 25 heavy (non-hydrogen) atoms. The molecule has 1 saturated heterocycles. The van der Waals surface area contributed by atoms with Crippen LogP contribution in [0.15, 0.2) is 30.5 Å². The van der Waals surface area contributed by atoms with Crippen LogP contribution in [0.25, 0.3) is 10.9 Å². The highest BCUT2D eigenvalue weighted by atomic mass is 16.5. The number of anilines is 1. The number of rotatable bonds is 3. The summed E-state index contributed by atoms with van der Waals surface area (Å²) in [7, 11) is 0. The minimum absolute atomic E-state index is 0.0703. The van der Waals surface area contributed by atoms with Gasteiger partial charge in [0.25, 0.3) is 5.91 Å². The number of pyridine rings is 1. The fraction of sp³-hybridized carbons (Fsp3) is 0.421. The number of carbonyl (C=O) groups excluding carboxylic acids is 1. The van der Waals surface area contributed by atoms with E-state index in [0.717, 1.165) is 11.1 Å². The van der Waals surface area contributed by atoms with Gasteiger partial charge in [-0.25, -0.2) is 0 Å². The van der Waals surface area contributed by atoms with Crippen LogP contribution in [-0.4, -0.2) is 42.2 Å². The van der Waals surface area contributed by atoms with Crippen molar-refractivity contribution in [2.75, 3.05) is 18.0 Å². The second-order valence-corrected chi connectivity index (χ2v) is 6.65. The number of benzene rings is 1. The lowest BCUT2D eigenvalue weighted by atomic mass is 10.1. The maximum absolute atomic E-state index is 12.4. The van der Waals surface area contributed by atoms with Gasteiger partial charge in [-0.3, -0.25) is 9.78 Å². The topological polar surface area (TPSA) is 78.3 Å². The van der Waals surface area contributed by atoms with E-state index in [2.05, 4.69) is 21.3 Å². The Morgan fingerprint density at radius 2 is 2.20 bits per heavy atom. The molecular weight excluding hydrogens is 316 g/mol. The average molecular weight is 338 g/mol. The molecule has 0 radical (unpaired) electrons. The molecule has 130 valence electrons. The number of nitrogens with one attached hydrogen (secondary N) is 1. The molecule has 0 saturated carbocycles. The predicted molar refractivity (Wildman–Crippen MR) is 96.3 cm³/mol. The zero-order valence-corrected chi connectivity index (χ0v) is 14.7. The molecule has 1 amide bonds. The Kier molecular flexibility index (Phi) is 4.86. The van der Waals surface area contributed by atoms with Gasteiger partial charge in [-0.05, 0) is 45.0 Å². The Morgan fingerprint density at radius 3 is 2.92 bits per heavy atom. The molecule has 6 heteroatoms. The van der Waals surface area contributed by atoms with Crippen molar-refractivity contribution < 1.29 is 9.53 Å². The molecule has 1 aromatic carbocycles. The Labute approximate surface area is 147 Å². The van der Waals surface area contributed by atoms with E-state index >= 15 is 0 Å². The van der Waals surface area contributed by atoms with Crippen molar-refractivity contribution in [1.82, 2.24) is 10.3 Å². The van der Waals surface area contributed by atoms with E-state index in [1.807, 2.05) is 39.0 Å². The van der Waals surface area contributed by atoms with Crippen LogP contribution in [0.2, 0.25) is 0 Å². The van der Waals surface area contributed by atoms with Crippen molar-refractivity contribution >= 4 is 22.5 Å². The summed E-state index contributed by atoms with van der Waals surface area (Å²) in [5.74, 6) is -0.0948. The van der Waals surface area contributed by atoms with E-state index in [1.54, 1.807) is 12.3 Å². The number of fused-ring (bicyclic) bond motifs is 1. The molecule has 1 aliphatic rings. The standard InChI is InChI=1S/C19H22N4O2/c1-12(2)22-19(24)17-11-23(10-13(3)25-17)16-7-6-14(9-20)18-15(16)5-4-8-21-18/h4-8,12-13,17H,10-11H2,1-3H3,(H,22,24)/t13-,17-/m1/s1. The molecule has 0 bridgehead atoms. The number of nitrogens with zero attached hydrogens (tertiary/aromatic N) is 3. The smallest absolute Gasteiger partial charge is 0.251 e. The number of ether oxygens (including phenoxy) is 1. The molecule has 6 nitrogen and oxygen atoms in total. The molecule has 1 N–H and O–H groups in total. The van der Waals surface area contributed by atoms with Crippen molar-refractivity contribution in [3.8, 4) is 6.07 Å². The van der Waals surface area contributed by atoms with Gasteiger partial charge in [-0.15, -0.1) is 0 Å². The highest BCUT2D eigenvalue weighted by Crippen LogP contribution is 2.30. The monoisotopic (exact) mass is 338 g/mol. The Balaban J connectivity index is 1.95. The number of carbonyl (C=O) groups is 1. The van der Waals surface area contributed by atoms with E-state index in [1.165, 1.54) is 0 Å². The zero-order chi connectivity index (χ0) is 18.0. The van der Waals surface area contributed by atoms with Gasteiger partial charge in [0, 0.05) is 29.9 Å². The first kappa shape index (κ1) is 17.2. The van der Waals surface area contributed by atoms with E-state index in [-0.39, 0.29) is 18.1 Å². The van der Waals surface area contributed by atoms with Gasteiger partial charge in [0.1, 0.15) is 6.07 Å². The minimum Gasteiger partial charge on any atom is -0.365 e. The summed E-state index contributed by atoms with van der Waals surface area (Å²) < 4.78 is 5.84. The fourth-order valence-electron chi connectivity index (χ4n) is 3.19. The van der Waals surface area contributed by atoms with Gasteiger partial charge in [0.15, 0.2) is 6.10 Å². The molecule has 2 aromatic rings. The molecule has 2 heterocycles. The van der Waals surface area contributed by atoms with Gasteiger partial charge in [0.2, 0.25) is 0 Å². The molecule has 3 rings (SSSR count). The number of aromatic nitrogens is 1. The summed E-state index contributed by atoms with van der Waals surface area (Å²) in [6.07, 6.45) is 1.10. The van der Waals surface area contributed by atoms with Gasteiger partial charge < -0.3 is 15.0 Å². The second kappa shape index (κ2) is 7.08. The first-order valence-corrected chi connectivity index (χ1v) is 8.48. The Morgan fingerprint density at radius 1 is 1.40 bits per heavy atom. The van der Waals surface area contributed by atoms with Crippen molar-refractivity contribution in [3.05, 3.63) is 36.0 Å². The highest BCUT2D eigenvalue weighted by Gasteiger charge is 2.31. The molecule has 0 spiro atoms. The van der Waals surface area contributed by atoms with Crippen LogP contribution < -0.4 is 10.2 Å². The van der Waals surface area contributed by atoms with Crippen LogP contribution in [-0.2, 0) is 9.53 Å². The van der Waals surface area contributed by atoms with E-state index in [4.69, 9.17) is 4.74 Å². The predicted octanol–water partition coefficient (Wildman–Crippen LogP) is 2.22. The van der Waals surface area contributed by atoms with Crippen LogP contribution in [0.4, 0.5) is 5.69 Å². The highest BCUT2D eigenvalue weighted by molar-refractivity contribution is 5.95. The van der Waals surface area contributed by atoms with E-state index < -0.39 is 6.10 Å². The van der Waals surface area contributed by atoms with Crippen LogP contribution in [0.1, 0.15) is 26.3 Å². The van der Waals surface area contributed by atoms with Crippen LogP contribution in [0.5, 0.6) is 0 Å². The summed E-state index contributed by atoms with van der Waals surface area (Å²) in [6, 6.07) is 9.79. The molecule has 2 atom stereocenters. The SMILES string of the molecule is CC(C)NC(=O)[C@H]1CN(c2ccc(C#N)c3ncccc23)C[C@@H](C)O1. The van der Waals surface area contributed by atoms with Crippen molar-refractivity contribution in [2.45, 2.75) is 39.0 Å². The lowest BCUT2D eigenvalue weighted by molar-refractivity contribution is -0.137. The number of nitriles is 1. The maximum Gasteiger partial charge on any atom is 0.251 e. The minimum atomic E-state index is -0.520. The van der Waals surface area contributed by atoms with Crippen molar-refractivity contribution in [1.29, 1.82) is 5.26 Å². The number of hydrogen-bond acceptors (Lipinski definition) is 5. The lowest BCUT2D eigenvalue weighted by Gasteiger charge is -2.38. The van der Waals surface area contributed by atoms with Crippen molar-refractivity contribution in [3.63, 3.8) is 0 Å². The second-order valence-electron chi connectivity index (χ2n) is 6.65. The summed E-state index contributed by atoms with van der Waals surface area (Å²) in [5.41, 5.74) is 2.21. The van der Waals surface area contributed by atoms with E-state index in [0.29, 0.717) is 24.2 Å². The normalized spacial score (nSPS) is 20.5. The number of amides is 1. The van der Waals surface area contributed by atoms with Crippen molar-refractivity contribution in [2.24, 2.45) is 0 Å². The third kappa shape index (κ3) is 3.57. The number of morpholine rings is 1. The molecule has 0 unspecified atom stereocenters. The average Bonchev–Trinajstić information content (AvgIpc) is 2.59. The van der Waals surface area contributed by atoms with Gasteiger partial charge in [0.05, 0.1) is 23.7 Å². The van der Waals surface area contributed by atoms with Gasteiger partial charge >= 0.3 is 0 Å². The molecule has 1 aromatic heterocycles. The summed E-state index contributed by atoms with van der Waals surface area (Å²) in [6.45, 7) is 6.98. The third-order valence-corrected chi connectivity index (χ3v) is 4.19. The quantitative estimate of drug-likeness (QED) is 0.928. The van der Waals surface area contributed by atoms with Gasteiger partial charge in [-0.1, -0.05) is 0 Å².